The van der Waals surface area contributed by atoms with Crippen molar-refractivity contribution in [3.8, 4) is 0 Å². The van der Waals surface area contributed by atoms with Gasteiger partial charge in [-0.05, 0) is 49.8 Å². The van der Waals surface area contributed by atoms with Gasteiger partial charge in [-0.15, -0.1) is 11.3 Å². The summed E-state index contributed by atoms with van der Waals surface area (Å²) in [6.07, 6.45) is 3.16. The predicted molar refractivity (Wildman–Crippen MR) is 105 cm³/mol. The predicted octanol–water partition coefficient (Wildman–Crippen LogP) is 3.44. The molecule has 0 fully saturated rings. The summed E-state index contributed by atoms with van der Waals surface area (Å²) in [5.41, 5.74) is 3.73. The maximum absolute atomic E-state index is 12.8. The average molecular weight is 399 g/mol. The van der Waals surface area contributed by atoms with E-state index in [4.69, 9.17) is 9.47 Å². The molecule has 4 rings (SSSR count). The normalized spacial score (nSPS) is 17.9. The molecule has 2 heterocycles. The van der Waals surface area contributed by atoms with Crippen molar-refractivity contribution in [1.82, 2.24) is 0 Å². The van der Waals surface area contributed by atoms with Crippen molar-refractivity contribution in [2.45, 2.75) is 45.1 Å². The molecule has 1 amide bonds. The Morgan fingerprint density at radius 3 is 2.82 bits per heavy atom. The van der Waals surface area contributed by atoms with Gasteiger partial charge in [-0.1, -0.05) is 17.7 Å². The van der Waals surface area contributed by atoms with Crippen molar-refractivity contribution >= 4 is 34.2 Å². The van der Waals surface area contributed by atoms with E-state index in [1.807, 2.05) is 19.1 Å². The van der Waals surface area contributed by atoms with Gasteiger partial charge in [0.25, 0.3) is 5.91 Å². The van der Waals surface area contributed by atoms with Crippen molar-refractivity contribution in [3.05, 3.63) is 50.9 Å². The number of fused-ring (bicyclic) bond motifs is 2. The van der Waals surface area contributed by atoms with E-state index < -0.39 is 23.9 Å². The highest BCUT2D eigenvalue weighted by Crippen LogP contribution is 2.38. The maximum atomic E-state index is 12.8. The zero-order valence-corrected chi connectivity index (χ0v) is 16.6. The van der Waals surface area contributed by atoms with Crippen LogP contribution in [0.2, 0.25) is 0 Å². The molecular weight excluding hydrogens is 378 g/mol. The highest BCUT2D eigenvalue weighted by Gasteiger charge is 2.33. The molecule has 1 aliphatic carbocycles. The van der Waals surface area contributed by atoms with E-state index in [9.17, 15) is 14.4 Å². The molecule has 1 aliphatic heterocycles. The van der Waals surface area contributed by atoms with Crippen molar-refractivity contribution in [1.29, 1.82) is 0 Å². The number of cyclic esters (lactones) is 1. The van der Waals surface area contributed by atoms with Gasteiger partial charge >= 0.3 is 11.9 Å². The lowest BCUT2D eigenvalue weighted by Crippen LogP contribution is -2.38. The van der Waals surface area contributed by atoms with Gasteiger partial charge in [-0.25, -0.2) is 9.59 Å². The van der Waals surface area contributed by atoms with Gasteiger partial charge in [0.2, 0.25) is 0 Å². The zero-order chi connectivity index (χ0) is 19.8. The first-order valence-electron chi connectivity index (χ1n) is 9.32. The second-order valence-corrected chi connectivity index (χ2v) is 8.26. The SMILES string of the molecule is COC(=O)c1c(NC(=O)C2Cc3cc(C)ccc3C(=O)O2)sc2c1CCCC2. The van der Waals surface area contributed by atoms with Crippen LogP contribution in [0.1, 0.15) is 55.1 Å². The largest absolute Gasteiger partial charge is 0.465 e. The number of carbonyl (C=O) groups is 3. The molecule has 0 bridgehead atoms. The first-order valence-corrected chi connectivity index (χ1v) is 10.1. The molecule has 1 aromatic heterocycles. The van der Waals surface area contributed by atoms with Gasteiger partial charge in [0, 0.05) is 11.3 Å². The van der Waals surface area contributed by atoms with Crippen LogP contribution in [-0.2, 0) is 33.5 Å². The summed E-state index contributed by atoms with van der Waals surface area (Å²) in [6, 6.07) is 5.48. The number of esters is 2. The first kappa shape index (κ1) is 18.7. The lowest BCUT2D eigenvalue weighted by molar-refractivity contribution is -0.125. The Kier molecular flexibility index (Phi) is 4.93. The maximum Gasteiger partial charge on any atom is 0.341 e. The van der Waals surface area contributed by atoms with E-state index in [1.54, 1.807) is 6.07 Å². The highest BCUT2D eigenvalue weighted by atomic mass is 32.1. The number of rotatable bonds is 3. The number of benzene rings is 1. The van der Waals surface area contributed by atoms with Crippen LogP contribution in [-0.4, -0.2) is 31.1 Å². The molecule has 1 N–H and O–H groups in total. The summed E-state index contributed by atoms with van der Waals surface area (Å²) in [5, 5.41) is 3.30. The molecule has 0 saturated heterocycles. The van der Waals surface area contributed by atoms with Crippen LogP contribution < -0.4 is 5.32 Å². The molecule has 7 heteroatoms. The summed E-state index contributed by atoms with van der Waals surface area (Å²) in [7, 11) is 1.34. The van der Waals surface area contributed by atoms with Crippen LogP contribution in [0.4, 0.5) is 5.00 Å². The summed E-state index contributed by atoms with van der Waals surface area (Å²) in [5.74, 6) is -1.37. The lowest BCUT2D eigenvalue weighted by Gasteiger charge is -2.24. The summed E-state index contributed by atoms with van der Waals surface area (Å²) in [6.45, 7) is 1.94. The molecule has 1 aromatic carbocycles. The van der Waals surface area contributed by atoms with Gasteiger partial charge < -0.3 is 14.8 Å². The number of amides is 1. The summed E-state index contributed by atoms with van der Waals surface area (Å²) < 4.78 is 10.3. The number of hydrogen-bond donors (Lipinski definition) is 1. The van der Waals surface area contributed by atoms with E-state index in [-0.39, 0.29) is 0 Å². The number of methoxy groups -OCH3 is 1. The Balaban J connectivity index is 1.60. The number of carbonyl (C=O) groups excluding carboxylic acids is 3. The molecule has 28 heavy (non-hydrogen) atoms. The second kappa shape index (κ2) is 7.39. The quantitative estimate of drug-likeness (QED) is 0.800. The van der Waals surface area contributed by atoms with E-state index in [1.165, 1.54) is 18.4 Å². The topological polar surface area (TPSA) is 81.7 Å². The molecule has 2 aromatic rings. The zero-order valence-electron chi connectivity index (χ0n) is 15.8. The van der Waals surface area contributed by atoms with E-state index >= 15 is 0 Å². The fourth-order valence-electron chi connectivity index (χ4n) is 3.84. The Morgan fingerprint density at radius 2 is 2.04 bits per heavy atom. The Bertz CT molecular complexity index is 977. The number of nitrogens with one attached hydrogen (secondary N) is 1. The smallest absolute Gasteiger partial charge is 0.341 e. The van der Waals surface area contributed by atoms with E-state index in [0.717, 1.165) is 47.3 Å². The number of hydrogen-bond acceptors (Lipinski definition) is 6. The first-order chi connectivity index (χ1) is 13.5. The summed E-state index contributed by atoms with van der Waals surface area (Å²) in [4.78, 5) is 38.6. The monoisotopic (exact) mass is 399 g/mol. The third kappa shape index (κ3) is 3.30. The number of anilines is 1. The van der Waals surface area contributed by atoms with Gasteiger partial charge in [0.05, 0.1) is 18.2 Å². The fraction of sp³-hybridized carbons (Fsp3) is 0.381. The summed E-state index contributed by atoms with van der Waals surface area (Å²) >= 11 is 1.41. The minimum absolute atomic E-state index is 0.313. The van der Waals surface area contributed by atoms with Crippen molar-refractivity contribution in [3.63, 3.8) is 0 Å². The highest BCUT2D eigenvalue weighted by molar-refractivity contribution is 7.17. The number of ether oxygens (including phenoxy) is 2. The molecule has 2 aliphatic rings. The molecular formula is C21H21NO5S. The number of aryl methyl sites for hydroxylation is 2. The Hall–Kier alpha value is -2.67. The molecule has 146 valence electrons. The van der Waals surface area contributed by atoms with Crippen LogP contribution >= 0.6 is 11.3 Å². The fourth-order valence-corrected chi connectivity index (χ4v) is 5.12. The van der Waals surface area contributed by atoms with Crippen molar-refractivity contribution < 1.29 is 23.9 Å². The third-order valence-electron chi connectivity index (χ3n) is 5.23. The lowest BCUT2D eigenvalue weighted by atomic mass is 9.95. The van der Waals surface area contributed by atoms with Crippen molar-refractivity contribution in [2.75, 3.05) is 12.4 Å². The number of thiophene rings is 1. The molecule has 1 unspecified atom stereocenters. The van der Waals surface area contributed by atoms with Crippen LogP contribution in [0.3, 0.4) is 0 Å². The molecule has 0 radical (unpaired) electrons. The van der Waals surface area contributed by atoms with E-state index in [0.29, 0.717) is 22.5 Å². The third-order valence-corrected chi connectivity index (χ3v) is 6.43. The Morgan fingerprint density at radius 1 is 1.25 bits per heavy atom. The molecule has 1 atom stereocenters. The minimum atomic E-state index is -0.925. The van der Waals surface area contributed by atoms with Crippen LogP contribution in [0.15, 0.2) is 18.2 Å². The standard InChI is InChI=1S/C21H21NO5S/c1-11-7-8-13-12(9-11)10-15(27-20(13)24)18(23)22-19-17(21(25)26-2)14-5-3-4-6-16(14)28-19/h7-9,15H,3-6,10H2,1-2H3,(H,22,23). The van der Waals surface area contributed by atoms with Crippen LogP contribution in [0, 0.1) is 6.92 Å². The second-order valence-electron chi connectivity index (χ2n) is 7.15. The Labute approximate surface area is 166 Å². The van der Waals surface area contributed by atoms with Crippen molar-refractivity contribution in [2.24, 2.45) is 0 Å². The molecule has 0 saturated carbocycles. The minimum Gasteiger partial charge on any atom is -0.465 e. The van der Waals surface area contributed by atoms with Gasteiger partial charge in [0.1, 0.15) is 5.00 Å². The molecule has 0 spiro atoms. The molecule has 6 nitrogen and oxygen atoms in total. The van der Waals surface area contributed by atoms with Gasteiger partial charge in [-0.2, -0.15) is 0 Å². The van der Waals surface area contributed by atoms with Gasteiger partial charge in [0.15, 0.2) is 6.10 Å². The van der Waals surface area contributed by atoms with Crippen LogP contribution in [0.25, 0.3) is 0 Å². The van der Waals surface area contributed by atoms with Crippen LogP contribution in [0.5, 0.6) is 0 Å². The average Bonchev–Trinajstić information content (AvgIpc) is 3.04. The van der Waals surface area contributed by atoms with Gasteiger partial charge in [-0.3, -0.25) is 4.79 Å². The van der Waals surface area contributed by atoms with E-state index in [2.05, 4.69) is 5.32 Å².